The third-order valence-corrected chi connectivity index (χ3v) is 5.99. The van der Waals surface area contributed by atoms with Gasteiger partial charge in [-0.2, -0.15) is 0 Å². The molecule has 0 aromatic heterocycles. The van der Waals surface area contributed by atoms with E-state index >= 15 is 0 Å². The fraction of sp³-hybridized carbons (Fsp3) is 0.136. The number of sulfonamides is 1. The Bertz CT molecular complexity index is 1150. The maximum absolute atomic E-state index is 12.7. The second kappa shape index (κ2) is 9.82. The van der Waals surface area contributed by atoms with Gasteiger partial charge >= 0.3 is 5.97 Å². The van der Waals surface area contributed by atoms with Crippen LogP contribution in [0.1, 0.15) is 22.0 Å². The molecule has 0 fully saturated rings. The normalized spacial score (nSPS) is 12.1. The van der Waals surface area contributed by atoms with E-state index in [1.165, 1.54) is 37.4 Å². The maximum atomic E-state index is 12.7. The van der Waals surface area contributed by atoms with Gasteiger partial charge in [-0.3, -0.25) is 4.72 Å². The van der Waals surface area contributed by atoms with Gasteiger partial charge in [-0.15, -0.1) is 0 Å². The van der Waals surface area contributed by atoms with Crippen LogP contribution >= 0.6 is 11.6 Å². The molecular formula is C22H20ClNO6S. The molecule has 1 unspecified atom stereocenters. The molecule has 162 valence electrons. The third-order valence-electron chi connectivity index (χ3n) is 4.35. The summed E-state index contributed by atoms with van der Waals surface area (Å²) < 4.78 is 38.2. The van der Waals surface area contributed by atoms with E-state index in [0.29, 0.717) is 10.6 Å². The fourth-order valence-corrected chi connectivity index (χ4v) is 3.94. The zero-order valence-electron chi connectivity index (χ0n) is 16.5. The SMILES string of the molecule is COC(=O)c1ccc(NS(=O)(=O)c2ccccc2)c(OCC(O)c2ccc(Cl)cc2)c1. The van der Waals surface area contributed by atoms with E-state index in [1.54, 1.807) is 42.5 Å². The second-order valence-corrected chi connectivity index (χ2v) is 8.62. The molecule has 0 aliphatic carbocycles. The molecule has 2 N–H and O–H groups in total. The lowest BCUT2D eigenvalue weighted by Gasteiger charge is -2.17. The number of carbonyl (C=O) groups excluding carboxylic acids is 1. The summed E-state index contributed by atoms with van der Waals surface area (Å²) in [5, 5.41) is 10.9. The van der Waals surface area contributed by atoms with Crippen LogP contribution < -0.4 is 9.46 Å². The molecule has 31 heavy (non-hydrogen) atoms. The topological polar surface area (TPSA) is 102 Å². The molecule has 0 aliphatic rings. The van der Waals surface area contributed by atoms with Gasteiger partial charge in [-0.1, -0.05) is 41.9 Å². The molecule has 0 spiro atoms. The Morgan fingerprint density at radius 2 is 1.74 bits per heavy atom. The van der Waals surface area contributed by atoms with Crippen molar-refractivity contribution in [1.29, 1.82) is 0 Å². The summed E-state index contributed by atoms with van der Waals surface area (Å²) >= 11 is 5.86. The predicted molar refractivity (Wildman–Crippen MR) is 117 cm³/mol. The highest BCUT2D eigenvalue weighted by molar-refractivity contribution is 7.92. The number of nitrogens with one attached hydrogen (secondary N) is 1. The lowest BCUT2D eigenvalue weighted by atomic mass is 10.1. The number of esters is 1. The minimum Gasteiger partial charge on any atom is -0.488 e. The van der Waals surface area contributed by atoms with E-state index < -0.39 is 22.1 Å². The highest BCUT2D eigenvalue weighted by atomic mass is 35.5. The summed E-state index contributed by atoms with van der Waals surface area (Å²) in [7, 11) is -2.66. The third kappa shape index (κ3) is 5.75. The molecule has 0 saturated carbocycles. The molecule has 3 aromatic carbocycles. The molecular weight excluding hydrogens is 442 g/mol. The van der Waals surface area contributed by atoms with Gasteiger partial charge in [-0.05, 0) is 48.0 Å². The van der Waals surface area contributed by atoms with Crippen LogP contribution in [0, 0.1) is 0 Å². The van der Waals surface area contributed by atoms with E-state index in [4.69, 9.17) is 21.1 Å². The standard InChI is InChI=1S/C22H20ClNO6S/c1-29-22(26)16-9-12-19(24-31(27,28)18-5-3-2-4-6-18)21(13-16)30-14-20(25)15-7-10-17(23)11-8-15/h2-13,20,24-25H,14H2,1H3. The lowest BCUT2D eigenvalue weighted by Crippen LogP contribution is -2.16. The molecule has 7 nitrogen and oxygen atoms in total. The lowest BCUT2D eigenvalue weighted by molar-refractivity contribution is 0.0600. The first-order valence-corrected chi connectivity index (χ1v) is 11.0. The summed E-state index contributed by atoms with van der Waals surface area (Å²) in [4.78, 5) is 12.0. The number of methoxy groups -OCH3 is 1. The molecule has 0 radical (unpaired) electrons. The highest BCUT2D eigenvalue weighted by Crippen LogP contribution is 2.30. The van der Waals surface area contributed by atoms with Crippen LogP contribution in [0.5, 0.6) is 5.75 Å². The summed E-state index contributed by atoms with van der Waals surface area (Å²) in [5.41, 5.74) is 0.848. The van der Waals surface area contributed by atoms with Crippen LogP contribution in [0.15, 0.2) is 77.7 Å². The number of ether oxygens (including phenoxy) is 2. The first-order valence-electron chi connectivity index (χ1n) is 9.17. The Hall–Kier alpha value is -3.07. The molecule has 3 aromatic rings. The van der Waals surface area contributed by atoms with E-state index in [2.05, 4.69) is 4.72 Å². The number of hydrogen-bond acceptors (Lipinski definition) is 6. The Morgan fingerprint density at radius 3 is 2.39 bits per heavy atom. The predicted octanol–water partition coefficient (Wildman–Crippen LogP) is 4.04. The van der Waals surface area contributed by atoms with Crippen LogP contribution in [0.3, 0.4) is 0 Å². The van der Waals surface area contributed by atoms with Crippen molar-refractivity contribution in [3.8, 4) is 5.75 Å². The summed E-state index contributed by atoms with van der Waals surface area (Å²) in [6, 6.07) is 18.6. The Labute approximate surface area is 185 Å². The minimum atomic E-state index is -3.89. The van der Waals surface area contributed by atoms with Crippen molar-refractivity contribution in [3.05, 3.63) is 88.9 Å². The van der Waals surface area contributed by atoms with Gasteiger partial charge in [0.05, 0.1) is 23.3 Å². The number of anilines is 1. The Morgan fingerprint density at radius 1 is 1.06 bits per heavy atom. The number of hydrogen-bond donors (Lipinski definition) is 2. The molecule has 0 aliphatic heterocycles. The molecule has 0 saturated heterocycles. The molecule has 0 bridgehead atoms. The summed E-state index contributed by atoms with van der Waals surface area (Å²) in [6.45, 7) is -0.188. The molecule has 0 amide bonds. The number of aliphatic hydroxyl groups excluding tert-OH is 1. The molecule has 0 heterocycles. The van der Waals surface area contributed by atoms with Crippen LogP contribution in [0.4, 0.5) is 5.69 Å². The van der Waals surface area contributed by atoms with Crippen molar-refractivity contribution in [2.75, 3.05) is 18.4 Å². The average molecular weight is 462 g/mol. The zero-order valence-corrected chi connectivity index (χ0v) is 18.1. The molecule has 3 rings (SSSR count). The van der Waals surface area contributed by atoms with Gasteiger partial charge in [0.15, 0.2) is 0 Å². The first kappa shape index (κ1) is 22.6. The highest BCUT2D eigenvalue weighted by Gasteiger charge is 2.19. The van der Waals surface area contributed by atoms with Crippen molar-refractivity contribution in [2.24, 2.45) is 0 Å². The van der Waals surface area contributed by atoms with E-state index in [9.17, 15) is 18.3 Å². The first-order chi connectivity index (χ1) is 14.8. The van der Waals surface area contributed by atoms with Crippen LogP contribution in [0.2, 0.25) is 5.02 Å². The van der Waals surface area contributed by atoms with E-state index in [1.807, 2.05) is 0 Å². The average Bonchev–Trinajstić information content (AvgIpc) is 2.78. The Kier molecular flexibility index (Phi) is 7.17. The van der Waals surface area contributed by atoms with Crippen molar-refractivity contribution >= 4 is 33.3 Å². The summed E-state index contributed by atoms with van der Waals surface area (Å²) in [5.74, 6) is -0.545. The molecule has 9 heteroatoms. The zero-order chi connectivity index (χ0) is 22.4. The number of aliphatic hydroxyl groups is 1. The summed E-state index contributed by atoms with van der Waals surface area (Å²) in [6.07, 6.45) is -1.00. The van der Waals surface area contributed by atoms with Crippen molar-refractivity contribution in [1.82, 2.24) is 0 Å². The van der Waals surface area contributed by atoms with E-state index in [0.717, 1.165) is 0 Å². The number of carbonyl (C=O) groups is 1. The van der Waals surface area contributed by atoms with Gasteiger partial charge in [0, 0.05) is 5.02 Å². The van der Waals surface area contributed by atoms with Gasteiger partial charge in [-0.25, -0.2) is 13.2 Å². The fourth-order valence-electron chi connectivity index (χ4n) is 2.72. The maximum Gasteiger partial charge on any atom is 0.337 e. The van der Waals surface area contributed by atoms with Gasteiger partial charge in [0.25, 0.3) is 10.0 Å². The number of halogens is 1. The quantitative estimate of drug-likeness (QED) is 0.491. The van der Waals surface area contributed by atoms with Crippen LogP contribution in [-0.2, 0) is 14.8 Å². The van der Waals surface area contributed by atoms with Crippen LogP contribution in [-0.4, -0.2) is 33.2 Å². The Balaban J connectivity index is 1.87. The largest absolute Gasteiger partial charge is 0.488 e. The minimum absolute atomic E-state index is 0.0652. The smallest absolute Gasteiger partial charge is 0.337 e. The monoisotopic (exact) mass is 461 g/mol. The van der Waals surface area contributed by atoms with Crippen molar-refractivity contribution in [3.63, 3.8) is 0 Å². The van der Waals surface area contributed by atoms with Gasteiger partial charge < -0.3 is 14.6 Å². The van der Waals surface area contributed by atoms with Crippen LogP contribution in [0.25, 0.3) is 0 Å². The van der Waals surface area contributed by atoms with Gasteiger partial charge in [0.2, 0.25) is 0 Å². The van der Waals surface area contributed by atoms with Gasteiger partial charge in [0.1, 0.15) is 18.5 Å². The van der Waals surface area contributed by atoms with Crippen molar-refractivity contribution in [2.45, 2.75) is 11.0 Å². The number of benzene rings is 3. The van der Waals surface area contributed by atoms with Crippen molar-refractivity contribution < 1.29 is 27.8 Å². The van der Waals surface area contributed by atoms with E-state index in [-0.39, 0.29) is 28.5 Å². The second-order valence-electron chi connectivity index (χ2n) is 6.50. The molecule has 1 atom stereocenters. The number of rotatable bonds is 8.